The van der Waals surface area contributed by atoms with Gasteiger partial charge in [0.15, 0.2) is 0 Å². The van der Waals surface area contributed by atoms with E-state index in [1.165, 1.54) is 12.1 Å². The van der Waals surface area contributed by atoms with E-state index in [1.807, 2.05) is 62.4 Å². The zero-order valence-corrected chi connectivity index (χ0v) is 19.4. The quantitative estimate of drug-likeness (QED) is 0.393. The van der Waals surface area contributed by atoms with E-state index in [9.17, 15) is 9.18 Å². The maximum Gasteiger partial charge on any atom is 0.326 e. The summed E-state index contributed by atoms with van der Waals surface area (Å²) in [6, 6.07) is 20.2. The fourth-order valence-electron chi connectivity index (χ4n) is 4.17. The normalized spacial score (nSPS) is 15.8. The Morgan fingerprint density at radius 3 is 2.54 bits per heavy atom. The molecule has 1 N–H and O–H groups in total. The number of urea groups is 1. The molecule has 0 radical (unpaired) electrons. The third-order valence-corrected chi connectivity index (χ3v) is 5.94. The summed E-state index contributed by atoms with van der Waals surface area (Å²) >= 11 is 0. The number of nitrogens with one attached hydrogen (secondary N) is 1. The summed E-state index contributed by atoms with van der Waals surface area (Å²) in [4.78, 5) is 19.5. The average Bonchev–Trinajstić information content (AvgIpc) is 3.35. The number of allylic oxidation sites excluding steroid dienone is 1. The molecule has 3 aromatic carbocycles. The van der Waals surface area contributed by atoms with Crippen LogP contribution in [0.1, 0.15) is 30.0 Å². The van der Waals surface area contributed by atoms with Crippen molar-refractivity contribution in [1.82, 2.24) is 15.5 Å². The number of carbonyl (C=O) groups excluding carboxylic acids is 1. The molecule has 0 fully saturated rings. The van der Waals surface area contributed by atoms with Crippen molar-refractivity contribution in [3.8, 4) is 17.1 Å². The minimum absolute atomic E-state index is 0.228. The molecule has 2 heterocycles. The molecule has 4 aromatic rings. The zero-order valence-electron chi connectivity index (χ0n) is 19.4. The fourth-order valence-corrected chi connectivity index (χ4v) is 4.17. The predicted octanol–water partition coefficient (Wildman–Crippen LogP) is 5.89. The second kappa shape index (κ2) is 9.06. The summed E-state index contributed by atoms with van der Waals surface area (Å²) in [6.45, 7) is 3.83. The molecule has 0 spiro atoms. The standard InChI is InChI=1S/C27H23FN4O3/c1-16-10-12-21(13-11-16)32-17(2)23(24(29-27(32)33)18-6-5-9-22(15-18)34-3)26-30-25(31-35-26)19-7-4-8-20(28)14-19/h4-15,24H,1-3H3,(H,29,33). The van der Waals surface area contributed by atoms with E-state index in [2.05, 4.69) is 15.5 Å². The van der Waals surface area contributed by atoms with E-state index in [4.69, 9.17) is 9.26 Å². The number of amides is 2. The first-order chi connectivity index (χ1) is 16.9. The number of benzene rings is 3. The third kappa shape index (κ3) is 4.26. The van der Waals surface area contributed by atoms with Crippen molar-refractivity contribution in [3.05, 3.63) is 101 Å². The molecule has 2 amide bonds. The van der Waals surface area contributed by atoms with Gasteiger partial charge in [0.1, 0.15) is 11.6 Å². The molecule has 35 heavy (non-hydrogen) atoms. The molecular formula is C27H23FN4O3. The fraction of sp³-hybridized carbons (Fsp3) is 0.148. The van der Waals surface area contributed by atoms with E-state index < -0.39 is 11.9 Å². The van der Waals surface area contributed by atoms with Crippen LogP contribution in [0.4, 0.5) is 14.9 Å². The first-order valence-electron chi connectivity index (χ1n) is 11.1. The number of hydrogen-bond donors (Lipinski definition) is 1. The zero-order chi connectivity index (χ0) is 24.5. The molecule has 1 unspecified atom stereocenters. The van der Waals surface area contributed by atoms with Crippen molar-refractivity contribution in [2.75, 3.05) is 12.0 Å². The van der Waals surface area contributed by atoms with Crippen LogP contribution < -0.4 is 15.0 Å². The number of halogens is 1. The van der Waals surface area contributed by atoms with Crippen molar-refractivity contribution in [3.63, 3.8) is 0 Å². The molecule has 1 aromatic heterocycles. The van der Waals surface area contributed by atoms with Gasteiger partial charge in [-0.05, 0) is 55.8 Å². The van der Waals surface area contributed by atoms with Gasteiger partial charge in [-0.15, -0.1) is 0 Å². The van der Waals surface area contributed by atoms with Crippen LogP contribution in [0.15, 0.2) is 83.0 Å². The Labute approximate surface area is 201 Å². The Morgan fingerprint density at radius 1 is 1.03 bits per heavy atom. The van der Waals surface area contributed by atoms with E-state index >= 15 is 0 Å². The number of nitrogens with zero attached hydrogens (tertiary/aromatic N) is 3. The minimum Gasteiger partial charge on any atom is -0.497 e. The van der Waals surface area contributed by atoms with Crippen LogP contribution in [-0.2, 0) is 0 Å². The van der Waals surface area contributed by atoms with Crippen LogP contribution >= 0.6 is 0 Å². The highest BCUT2D eigenvalue weighted by atomic mass is 19.1. The minimum atomic E-state index is -0.569. The van der Waals surface area contributed by atoms with Gasteiger partial charge in [0, 0.05) is 11.3 Å². The summed E-state index contributed by atoms with van der Waals surface area (Å²) < 4.78 is 24.8. The lowest BCUT2D eigenvalue weighted by Crippen LogP contribution is -2.46. The topological polar surface area (TPSA) is 80.5 Å². The number of anilines is 1. The van der Waals surface area contributed by atoms with Gasteiger partial charge in [0.25, 0.3) is 5.89 Å². The molecule has 1 atom stereocenters. The molecule has 5 rings (SSSR count). The third-order valence-electron chi connectivity index (χ3n) is 5.94. The number of aryl methyl sites for hydroxylation is 1. The van der Waals surface area contributed by atoms with Crippen molar-refractivity contribution in [1.29, 1.82) is 0 Å². The van der Waals surface area contributed by atoms with Gasteiger partial charge in [-0.1, -0.05) is 47.1 Å². The van der Waals surface area contributed by atoms with Crippen LogP contribution in [0, 0.1) is 12.7 Å². The van der Waals surface area contributed by atoms with Crippen molar-refractivity contribution in [2.24, 2.45) is 0 Å². The van der Waals surface area contributed by atoms with E-state index in [0.29, 0.717) is 28.3 Å². The Balaban J connectivity index is 1.66. The number of aromatic nitrogens is 2. The molecular weight excluding hydrogens is 447 g/mol. The van der Waals surface area contributed by atoms with Crippen LogP contribution in [0.3, 0.4) is 0 Å². The van der Waals surface area contributed by atoms with E-state index in [1.54, 1.807) is 24.1 Å². The van der Waals surface area contributed by atoms with Crippen LogP contribution in [-0.4, -0.2) is 23.3 Å². The van der Waals surface area contributed by atoms with Gasteiger partial charge < -0.3 is 14.6 Å². The highest BCUT2D eigenvalue weighted by Gasteiger charge is 2.36. The maximum absolute atomic E-state index is 13.8. The lowest BCUT2D eigenvalue weighted by molar-refractivity contribution is 0.244. The first-order valence-corrected chi connectivity index (χ1v) is 11.1. The Hall–Kier alpha value is -4.46. The summed E-state index contributed by atoms with van der Waals surface area (Å²) in [5, 5.41) is 7.15. The Kier molecular flexibility index (Phi) is 5.78. The molecule has 176 valence electrons. The lowest BCUT2D eigenvalue weighted by Gasteiger charge is -2.35. The molecule has 8 heteroatoms. The first kappa shape index (κ1) is 22.3. The van der Waals surface area contributed by atoms with Gasteiger partial charge in [-0.3, -0.25) is 4.90 Å². The van der Waals surface area contributed by atoms with Gasteiger partial charge in [0.2, 0.25) is 5.82 Å². The summed E-state index contributed by atoms with van der Waals surface area (Å²) in [7, 11) is 1.59. The summed E-state index contributed by atoms with van der Waals surface area (Å²) in [5.74, 6) is 0.740. The highest BCUT2D eigenvalue weighted by molar-refractivity contribution is 6.01. The van der Waals surface area contributed by atoms with Crippen LogP contribution in [0.2, 0.25) is 0 Å². The predicted molar refractivity (Wildman–Crippen MR) is 130 cm³/mol. The van der Waals surface area contributed by atoms with Gasteiger partial charge in [-0.2, -0.15) is 4.98 Å². The van der Waals surface area contributed by atoms with Crippen molar-refractivity contribution >= 4 is 17.3 Å². The number of ether oxygens (including phenoxy) is 1. The molecule has 0 aliphatic carbocycles. The smallest absolute Gasteiger partial charge is 0.326 e. The monoisotopic (exact) mass is 470 g/mol. The molecule has 0 bridgehead atoms. The molecule has 7 nitrogen and oxygen atoms in total. The lowest BCUT2D eigenvalue weighted by atomic mass is 9.94. The van der Waals surface area contributed by atoms with E-state index in [-0.39, 0.29) is 17.7 Å². The Morgan fingerprint density at radius 2 is 1.80 bits per heavy atom. The van der Waals surface area contributed by atoms with Crippen LogP contribution in [0.5, 0.6) is 5.75 Å². The molecule has 1 aliphatic rings. The highest BCUT2D eigenvalue weighted by Crippen LogP contribution is 2.39. The van der Waals surface area contributed by atoms with E-state index in [0.717, 1.165) is 11.1 Å². The number of rotatable bonds is 5. The number of hydrogen-bond acceptors (Lipinski definition) is 5. The number of methoxy groups -OCH3 is 1. The van der Waals surface area contributed by atoms with Crippen molar-refractivity contribution in [2.45, 2.75) is 19.9 Å². The second-order valence-electron chi connectivity index (χ2n) is 8.26. The van der Waals surface area contributed by atoms with Gasteiger partial charge in [0.05, 0.1) is 24.4 Å². The maximum atomic E-state index is 13.8. The van der Waals surface area contributed by atoms with Crippen LogP contribution in [0.25, 0.3) is 17.0 Å². The molecule has 0 saturated carbocycles. The number of carbonyl (C=O) groups is 1. The summed E-state index contributed by atoms with van der Waals surface area (Å²) in [6.07, 6.45) is 0. The molecule has 0 saturated heterocycles. The SMILES string of the molecule is COc1cccc(C2NC(=O)N(c3ccc(C)cc3)C(C)=C2c2nc(-c3cccc(F)c3)no2)c1. The van der Waals surface area contributed by atoms with Gasteiger partial charge >= 0.3 is 6.03 Å². The largest absolute Gasteiger partial charge is 0.497 e. The summed E-state index contributed by atoms with van der Waals surface area (Å²) in [5.41, 5.74) is 4.34. The second-order valence-corrected chi connectivity index (χ2v) is 8.26. The molecule has 1 aliphatic heterocycles. The Bertz CT molecular complexity index is 1430. The average molecular weight is 471 g/mol. The van der Waals surface area contributed by atoms with Crippen molar-refractivity contribution < 1.29 is 18.4 Å². The van der Waals surface area contributed by atoms with Gasteiger partial charge in [-0.25, -0.2) is 9.18 Å².